The highest BCUT2D eigenvalue weighted by Gasteiger charge is 2.15. The molecule has 2 aromatic rings. The number of benzene rings is 1. The lowest BCUT2D eigenvalue weighted by atomic mass is 10.1. The average Bonchev–Trinajstić information content (AvgIpc) is 2.38. The van der Waals surface area contributed by atoms with Crippen LogP contribution in [0.1, 0.15) is 10.4 Å². The van der Waals surface area contributed by atoms with E-state index in [-0.39, 0.29) is 0 Å². The van der Waals surface area contributed by atoms with Crippen molar-refractivity contribution in [1.82, 2.24) is 4.98 Å². The predicted molar refractivity (Wildman–Crippen MR) is 73.7 cm³/mol. The number of carbonyl (C=O) groups excluding carboxylic acids is 1. The molecular weight excluding hydrogens is 318 g/mol. The fourth-order valence-corrected chi connectivity index (χ4v) is 1.97. The van der Waals surface area contributed by atoms with Crippen molar-refractivity contribution in [3.63, 3.8) is 0 Å². The van der Waals surface area contributed by atoms with Gasteiger partial charge >= 0.3 is 5.97 Å². The molecule has 0 amide bonds. The summed E-state index contributed by atoms with van der Waals surface area (Å²) in [7, 11) is 1.34. The van der Waals surface area contributed by atoms with E-state index in [0.29, 0.717) is 20.9 Å². The zero-order valence-electron chi connectivity index (χ0n) is 9.48. The quantitative estimate of drug-likeness (QED) is 0.619. The molecule has 0 radical (unpaired) electrons. The minimum absolute atomic E-state index is 0.417. The second-order valence-corrected chi connectivity index (χ2v) is 4.78. The molecule has 92 valence electrons. The van der Waals surface area contributed by atoms with Crippen molar-refractivity contribution in [2.75, 3.05) is 7.11 Å². The van der Waals surface area contributed by atoms with Gasteiger partial charge in [0, 0.05) is 10.6 Å². The molecule has 1 aromatic carbocycles. The largest absolute Gasteiger partial charge is 0.465 e. The second kappa shape index (κ2) is 5.50. The number of carbonyl (C=O) groups is 1. The highest BCUT2D eigenvalue weighted by Crippen LogP contribution is 2.25. The van der Waals surface area contributed by atoms with Crippen molar-refractivity contribution in [2.24, 2.45) is 0 Å². The Balaban J connectivity index is 2.57. The van der Waals surface area contributed by atoms with E-state index in [0.717, 1.165) is 5.56 Å². The molecule has 0 bridgehead atoms. The molecule has 1 aromatic heterocycles. The Hall–Kier alpha value is -1.39. The summed E-state index contributed by atoms with van der Waals surface area (Å²) in [5.41, 5.74) is 1.79. The van der Waals surface area contributed by atoms with Gasteiger partial charge in [0.15, 0.2) is 0 Å². The number of ether oxygens (including phenoxy) is 1. The van der Waals surface area contributed by atoms with Gasteiger partial charge in [-0.05, 0) is 40.2 Å². The SMILES string of the molecule is COC(=O)c1ccc(Br)nc1-c1ccc(Cl)cc1. The fourth-order valence-electron chi connectivity index (χ4n) is 1.54. The molecule has 3 nitrogen and oxygen atoms in total. The number of esters is 1. The first-order valence-electron chi connectivity index (χ1n) is 5.12. The van der Waals surface area contributed by atoms with Crippen LogP contribution in [0.2, 0.25) is 5.02 Å². The Morgan fingerprint density at radius 2 is 1.89 bits per heavy atom. The third-order valence-corrected chi connectivity index (χ3v) is 3.08. The summed E-state index contributed by atoms with van der Waals surface area (Å²) >= 11 is 9.13. The minimum atomic E-state index is -0.417. The lowest BCUT2D eigenvalue weighted by Gasteiger charge is -2.07. The maximum absolute atomic E-state index is 11.7. The number of methoxy groups -OCH3 is 1. The molecule has 0 atom stereocenters. The van der Waals surface area contributed by atoms with Crippen molar-refractivity contribution < 1.29 is 9.53 Å². The summed E-state index contributed by atoms with van der Waals surface area (Å²) in [4.78, 5) is 16.0. The normalized spacial score (nSPS) is 10.2. The van der Waals surface area contributed by atoms with Crippen LogP contribution in [0.5, 0.6) is 0 Å². The molecule has 2 rings (SSSR count). The Labute approximate surface area is 118 Å². The molecule has 0 aliphatic rings. The van der Waals surface area contributed by atoms with Crippen molar-refractivity contribution in [1.29, 1.82) is 0 Å². The van der Waals surface area contributed by atoms with Crippen molar-refractivity contribution in [3.05, 3.63) is 51.6 Å². The maximum atomic E-state index is 11.7. The van der Waals surface area contributed by atoms with Gasteiger partial charge in [0.2, 0.25) is 0 Å². The first-order valence-corrected chi connectivity index (χ1v) is 6.29. The zero-order valence-corrected chi connectivity index (χ0v) is 11.8. The monoisotopic (exact) mass is 325 g/mol. The van der Waals surface area contributed by atoms with Gasteiger partial charge in [-0.25, -0.2) is 9.78 Å². The molecule has 0 aliphatic heterocycles. The number of halogens is 2. The van der Waals surface area contributed by atoms with Crippen LogP contribution in [-0.2, 0) is 4.74 Å². The van der Waals surface area contributed by atoms with E-state index < -0.39 is 5.97 Å². The van der Waals surface area contributed by atoms with Crippen LogP contribution in [0.4, 0.5) is 0 Å². The Morgan fingerprint density at radius 1 is 1.22 bits per heavy atom. The molecule has 0 unspecified atom stereocenters. The zero-order chi connectivity index (χ0) is 13.1. The fraction of sp³-hybridized carbons (Fsp3) is 0.0769. The summed E-state index contributed by atoms with van der Waals surface area (Å²) in [6.07, 6.45) is 0. The van der Waals surface area contributed by atoms with Crippen LogP contribution in [0.15, 0.2) is 41.0 Å². The number of aromatic nitrogens is 1. The topological polar surface area (TPSA) is 39.2 Å². The summed E-state index contributed by atoms with van der Waals surface area (Å²) in [5, 5.41) is 0.633. The maximum Gasteiger partial charge on any atom is 0.340 e. The number of nitrogens with zero attached hydrogens (tertiary/aromatic N) is 1. The van der Waals surface area contributed by atoms with Gasteiger partial charge in [0.25, 0.3) is 0 Å². The van der Waals surface area contributed by atoms with E-state index in [9.17, 15) is 4.79 Å². The van der Waals surface area contributed by atoms with Gasteiger partial charge in [-0.1, -0.05) is 23.7 Å². The first kappa shape index (κ1) is 13.1. The Morgan fingerprint density at radius 3 is 2.50 bits per heavy atom. The molecule has 1 heterocycles. The van der Waals surface area contributed by atoms with Crippen LogP contribution in [0.25, 0.3) is 11.3 Å². The number of hydrogen-bond acceptors (Lipinski definition) is 3. The molecule has 0 saturated carbocycles. The van der Waals surface area contributed by atoms with E-state index in [1.807, 2.05) is 12.1 Å². The van der Waals surface area contributed by atoms with Gasteiger partial charge in [-0.15, -0.1) is 0 Å². The minimum Gasteiger partial charge on any atom is -0.465 e. The van der Waals surface area contributed by atoms with Gasteiger partial charge in [-0.2, -0.15) is 0 Å². The van der Waals surface area contributed by atoms with Gasteiger partial charge < -0.3 is 4.74 Å². The Kier molecular flexibility index (Phi) is 3.99. The van der Waals surface area contributed by atoms with Crippen molar-refractivity contribution in [3.8, 4) is 11.3 Å². The molecule has 5 heteroatoms. The first-order chi connectivity index (χ1) is 8.61. The molecule has 0 aliphatic carbocycles. The highest BCUT2D eigenvalue weighted by molar-refractivity contribution is 9.10. The van der Waals surface area contributed by atoms with E-state index >= 15 is 0 Å². The van der Waals surface area contributed by atoms with E-state index in [1.165, 1.54) is 7.11 Å². The standard InChI is InChI=1S/C13H9BrClNO2/c1-18-13(17)10-6-7-11(14)16-12(10)8-2-4-9(15)5-3-8/h2-7H,1H3. The van der Waals surface area contributed by atoms with Crippen molar-refractivity contribution >= 4 is 33.5 Å². The predicted octanol–water partition coefficient (Wildman–Crippen LogP) is 3.95. The smallest absolute Gasteiger partial charge is 0.340 e. The Bertz CT molecular complexity index is 584. The van der Waals surface area contributed by atoms with Crippen LogP contribution < -0.4 is 0 Å². The summed E-state index contributed by atoms with van der Waals surface area (Å²) in [6, 6.07) is 10.5. The number of pyridine rings is 1. The van der Waals surface area contributed by atoms with Crippen LogP contribution >= 0.6 is 27.5 Å². The lowest BCUT2D eigenvalue weighted by Crippen LogP contribution is -2.05. The van der Waals surface area contributed by atoms with Crippen molar-refractivity contribution in [2.45, 2.75) is 0 Å². The van der Waals surface area contributed by atoms with E-state index in [2.05, 4.69) is 20.9 Å². The lowest BCUT2D eigenvalue weighted by molar-refractivity contribution is 0.0601. The average molecular weight is 327 g/mol. The molecular formula is C13H9BrClNO2. The van der Waals surface area contributed by atoms with Gasteiger partial charge in [-0.3, -0.25) is 0 Å². The van der Waals surface area contributed by atoms with Crippen LogP contribution in [0.3, 0.4) is 0 Å². The number of rotatable bonds is 2. The summed E-state index contributed by atoms with van der Waals surface area (Å²) < 4.78 is 5.39. The molecule has 0 N–H and O–H groups in total. The summed E-state index contributed by atoms with van der Waals surface area (Å²) in [6.45, 7) is 0. The summed E-state index contributed by atoms with van der Waals surface area (Å²) in [5.74, 6) is -0.417. The van der Waals surface area contributed by atoms with Gasteiger partial charge in [0.05, 0.1) is 18.4 Å². The third-order valence-electron chi connectivity index (χ3n) is 2.38. The van der Waals surface area contributed by atoms with Crippen LogP contribution in [-0.4, -0.2) is 18.1 Å². The third kappa shape index (κ3) is 2.71. The van der Waals surface area contributed by atoms with E-state index in [1.54, 1.807) is 24.3 Å². The molecule has 0 spiro atoms. The highest BCUT2D eigenvalue weighted by atomic mass is 79.9. The second-order valence-electron chi connectivity index (χ2n) is 3.53. The molecule has 0 saturated heterocycles. The van der Waals surface area contributed by atoms with E-state index in [4.69, 9.17) is 16.3 Å². The van der Waals surface area contributed by atoms with Gasteiger partial charge in [0.1, 0.15) is 4.60 Å². The van der Waals surface area contributed by atoms with Crippen LogP contribution in [0, 0.1) is 0 Å². The molecule has 0 fully saturated rings. The molecule has 18 heavy (non-hydrogen) atoms. The number of hydrogen-bond donors (Lipinski definition) is 0.